The van der Waals surface area contributed by atoms with Gasteiger partial charge in [0, 0.05) is 17.8 Å². The third-order valence-corrected chi connectivity index (χ3v) is 4.01. The predicted octanol–water partition coefficient (Wildman–Crippen LogP) is 4.51. The fraction of sp³-hybridized carbons (Fsp3) is 0.136. The first-order valence-electron chi connectivity index (χ1n) is 9.23. The van der Waals surface area contributed by atoms with Gasteiger partial charge in [0.15, 0.2) is 0 Å². The summed E-state index contributed by atoms with van der Waals surface area (Å²) in [5.74, 6) is 0.459. The molecule has 0 atom stereocenters. The van der Waals surface area contributed by atoms with Crippen LogP contribution >= 0.6 is 0 Å². The van der Waals surface area contributed by atoms with Gasteiger partial charge in [-0.1, -0.05) is 30.3 Å². The van der Waals surface area contributed by atoms with E-state index in [2.05, 4.69) is 20.9 Å². The first-order valence-corrected chi connectivity index (χ1v) is 9.23. The van der Waals surface area contributed by atoms with Crippen molar-refractivity contribution >= 4 is 29.2 Å². The van der Waals surface area contributed by atoms with Crippen LogP contribution in [0.15, 0.2) is 72.9 Å². The van der Waals surface area contributed by atoms with Crippen LogP contribution in [0.2, 0.25) is 0 Å². The number of benzene rings is 2. The van der Waals surface area contributed by atoms with Crippen LogP contribution in [0.4, 0.5) is 22.0 Å². The number of aromatic nitrogens is 1. The highest BCUT2D eigenvalue weighted by Gasteiger charge is 2.08. The lowest BCUT2D eigenvalue weighted by Crippen LogP contribution is -2.14. The monoisotopic (exact) mass is 390 g/mol. The van der Waals surface area contributed by atoms with E-state index < -0.39 is 6.09 Å². The summed E-state index contributed by atoms with van der Waals surface area (Å²) < 4.78 is 4.81. The van der Waals surface area contributed by atoms with Crippen molar-refractivity contribution in [3.05, 3.63) is 84.1 Å². The van der Waals surface area contributed by atoms with Crippen molar-refractivity contribution in [3.8, 4) is 0 Å². The predicted molar refractivity (Wildman–Crippen MR) is 113 cm³/mol. The molecule has 0 saturated heterocycles. The molecule has 0 bridgehead atoms. The van der Waals surface area contributed by atoms with Gasteiger partial charge in [-0.25, -0.2) is 9.78 Å². The lowest BCUT2D eigenvalue weighted by Gasteiger charge is -2.09. The molecule has 0 unspecified atom stereocenters. The number of ether oxygens (including phenoxy) is 1. The molecule has 2 amide bonds. The molecule has 0 aliphatic rings. The Balaban J connectivity index is 1.53. The van der Waals surface area contributed by atoms with Crippen LogP contribution in [0, 0.1) is 0 Å². The SMILES string of the molecule is CCOC(=O)Nc1ccc(C(=O)Nc2ccc(NCc3ccccc3)nc2)cc1. The average Bonchev–Trinajstić information content (AvgIpc) is 2.74. The minimum absolute atomic E-state index is 0.264. The molecular formula is C22H22N4O3. The molecule has 1 heterocycles. The highest BCUT2D eigenvalue weighted by molar-refractivity contribution is 6.04. The molecule has 1 aromatic heterocycles. The maximum atomic E-state index is 12.4. The number of hydrogen-bond acceptors (Lipinski definition) is 5. The van der Waals surface area contributed by atoms with Crippen molar-refractivity contribution in [2.75, 3.05) is 22.6 Å². The minimum Gasteiger partial charge on any atom is -0.450 e. The first kappa shape index (κ1) is 19.9. The van der Waals surface area contributed by atoms with E-state index in [9.17, 15) is 9.59 Å². The second-order valence-corrected chi connectivity index (χ2v) is 6.15. The maximum absolute atomic E-state index is 12.4. The maximum Gasteiger partial charge on any atom is 0.411 e. The van der Waals surface area contributed by atoms with Crippen LogP contribution in [0.1, 0.15) is 22.8 Å². The van der Waals surface area contributed by atoms with Crippen LogP contribution in [0.3, 0.4) is 0 Å². The van der Waals surface area contributed by atoms with Gasteiger partial charge < -0.3 is 15.4 Å². The van der Waals surface area contributed by atoms with Gasteiger partial charge in [0.25, 0.3) is 5.91 Å². The van der Waals surface area contributed by atoms with Crippen molar-refractivity contribution in [2.45, 2.75) is 13.5 Å². The Labute approximate surface area is 169 Å². The number of anilines is 3. The van der Waals surface area contributed by atoms with Gasteiger partial charge in [0.05, 0.1) is 18.5 Å². The second kappa shape index (κ2) is 9.89. The van der Waals surface area contributed by atoms with Gasteiger partial charge in [0.1, 0.15) is 5.82 Å². The Morgan fingerprint density at radius 2 is 1.62 bits per heavy atom. The molecule has 0 saturated carbocycles. The minimum atomic E-state index is -0.531. The van der Waals surface area contributed by atoms with Crippen LogP contribution in [-0.4, -0.2) is 23.6 Å². The smallest absolute Gasteiger partial charge is 0.411 e. The molecule has 29 heavy (non-hydrogen) atoms. The number of pyridine rings is 1. The summed E-state index contributed by atoms with van der Waals surface area (Å²) in [6, 6.07) is 20.2. The van der Waals surface area contributed by atoms with Gasteiger partial charge in [-0.2, -0.15) is 0 Å². The normalized spacial score (nSPS) is 10.1. The van der Waals surface area contributed by atoms with Crippen LogP contribution < -0.4 is 16.0 Å². The molecular weight excluding hydrogens is 368 g/mol. The van der Waals surface area contributed by atoms with Crippen molar-refractivity contribution in [2.24, 2.45) is 0 Å². The summed E-state index contributed by atoms with van der Waals surface area (Å²) in [6.07, 6.45) is 1.07. The molecule has 0 aliphatic heterocycles. The Kier molecular flexibility index (Phi) is 6.78. The summed E-state index contributed by atoms with van der Waals surface area (Å²) in [4.78, 5) is 28.1. The third-order valence-electron chi connectivity index (χ3n) is 4.01. The van der Waals surface area contributed by atoms with E-state index >= 15 is 0 Å². The van der Waals surface area contributed by atoms with Gasteiger partial charge >= 0.3 is 6.09 Å². The van der Waals surface area contributed by atoms with Crippen molar-refractivity contribution in [1.29, 1.82) is 0 Å². The molecule has 0 aliphatic carbocycles. The van der Waals surface area contributed by atoms with E-state index in [1.165, 1.54) is 0 Å². The van der Waals surface area contributed by atoms with E-state index in [1.54, 1.807) is 43.5 Å². The van der Waals surface area contributed by atoms with E-state index in [0.717, 1.165) is 11.4 Å². The summed E-state index contributed by atoms with van der Waals surface area (Å²) in [5.41, 5.74) is 2.77. The van der Waals surface area contributed by atoms with Gasteiger partial charge in [-0.15, -0.1) is 0 Å². The molecule has 148 valence electrons. The lowest BCUT2D eigenvalue weighted by atomic mass is 10.2. The molecule has 7 nitrogen and oxygen atoms in total. The van der Waals surface area contributed by atoms with Crippen molar-refractivity contribution in [1.82, 2.24) is 4.98 Å². The number of nitrogens with zero attached hydrogens (tertiary/aromatic N) is 1. The summed E-state index contributed by atoms with van der Waals surface area (Å²) in [7, 11) is 0. The van der Waals surface area contributed by atoms with Crippen LogP contribution in [-0.2, 0) is 11.3 Å². The summed E-state index contributed by atoms with van der Waals surface area (Å²) in [6.45, 7) is 2.69. The lowest BCUT2D eigenvalue weighted by molar-refractivity contribution is 0.102. The quantitative estimate of drug-likeness (QED) is 0.552. The van der Waals surface area contributed by atoms with E-state index in [-0.39, 0.29) is 5.91 Å². The Morgan fingerprint density at radius 1 is 0.897 bits per heavy atom. The average molecular weight is 390 g/mol. The van der Waals surface area contributed by atoms with E-state index in [4.69, 9.17) is 4.74 Å². The third kappa shape index (κ3) is 6.07. The molecule has 7 heteroatoms. The summed E-state index contributed by atoms with van der Waals surface area (Å²) >= 11 is 0. The van der Waals surface area contributed by atoms with Gasteiger partial charge in [0.2, 0.25) is 0 Å². The second-order valence-electron chi connectivity index (χ2n) is 6.15. The zero-order valence-corrected chi connectivity index (χ0v) is 16.0. The number of carbonyl (C=O) groups is 2. The molecule has 3 rings (SSSR count). The topological polar surface area (TPSA) is 92.3 Å². The van der Waals surface area contributed by atoms with E-state index in [1.807, 2.05) is 36.4 Å². The highest BCUT2D eigenvalue weighted by atomic mass is 16.5. The largest absolute Gasteiger partial charge is 0.450 e. The number of hydrogen-bond donors (Lipinski definition) is 3. The van der Waals surface area contributed by atoms with E-state index in [0.29, 0.717) is 30.1 Å². The number of rotatable bonds is 7. The standard InChI is InChI=1S/C22H22N4O3/c1-2-29-22(28)26-18-10-8-17(9-11-18)21(27)25-19-12-13-20(24-15-19)23-14-16-6-4-3-5-7-16/h3-13,15H,2,14H2,1H3,(H,23,24)(H,25,27)(H,26,28). The first-order chi connectivity index (χ1) is 14.1. The molecule has 0 fully saturated rings. The molecule has 0 radical (unpaired) electrons. The van der Waals surface area contributed by atoms with Crippen LogP contribution in [0.25, 0.3) is 0 Å². The fourth-order valence-corrected chi connectivity index (χ4v) is 2.55. The number of carbonyl (C=O) groups excluding carboxylic acids is 2. The fourth-order valence-electron chi connectivity index (χ4n) is 2.55. The zero-order chi connectivity index (χ0) is 20.5. The Morgan fingerprint density at radius 3 is 2.28 bits per heavy atom. The number of amides is 2. The van der Waals surface area contributed by atoms with Crippen LogP contribution in [0.5, 0.6) is 0 Å². The van der Waals surface area contributed by atoms with Crippen molar-refractivity contribution < 1.29 is 14.3 Å². The Hall–Kier alpha value is -3.87. The molecule has 3 aromatic rings. The molecule has 0 spiro atoms. The summed E-state index contributed by atoms with van der Waals surface area (Å²) in [5, 5.41) is 8.61. The zero-order valence-electron chi connectivity index (χ0n) is 16.0. The van der Waals surface area contributed by atoms with Gasteiger partial charge in [-0.3, -0.25) is 10.1 Å². The number of nitrogens with one attached hydrogen (secondary N) is 3. The van der Waals surface area contributed by atoms with Gasteiger partial charge in [-0.05, 0) is 48.9 Å². The molecule has 2 aromatic carbocycles. The molecule has 3 N–H and O–H groups in total. The van der Waals surface area contributed by atoms with Crippen molar-refractivity contribution in [3.63, 3.8) is 0 Å². The Bertz CT molecular complexity index is 942. The highest BCUT2D eigenvalue weighted by Crippen LogP contribution is 2.14.